The average Bonchev–Trinajstić information content (AvgIpc) is 3.05. The van der Waals surface area contributed by atoms with Crippen LogP contribution >= 0.6 is 0 Å². The molecule has 2 fully saturated rings. The Balaban J connectivity index is 1.06. The van der Waals surface area contributed by atoms with Crippen LogP contribution in [0.15, 0.2) is 79.1 Å². The molecule has 0 saturated carbocycles. The van der Waals surface area contributed by atoms with Crippen LogP contribution in [0.2, 0.25) is 0 Å². The Kier molecular flexibility index (Phi) is 7.88. The molecule has 4 heterocycles. The summed E-state index contributed by atoms with van der Waals surface area (Å²) in [5.74, 6) is 2.67. The van der Waals surface area contributed by atoms with Gasteiger partial charge in [0.15, 0.2) is 5.82 Å². The van der Waals surface area contributed by atoms with Gasteiger partial charge in [-0.2, -0.15) is 0 Å². The van der Waals surface area contributed by atoms with E-state index < -0.39 is 0 Å². The summed E-state index contributed by atoms with van der Waals surface area (Å²) in [4.78, 5) is 28.8. The number of methoxy groups -OCH3 is 1. The van der Waals surface area contributed by atoms with Gasteiger partial charge < -0.3 is 24.8 Å². The Bertz CT molecular complexity index is 1460. The first-order valence-corrected chi connectivity index (χ1v) is 14.1. The topological polar surface area (TPSA) is 99.6 Å². The van der Waals surface area contributed by atoms with Crippen molar-refractivity contribution in [3.8, 4) is 17.0 Å². The Morgan fingerprint density at radius 1 is 0.829 bits per heavy atom. The van der Waals surface area contributed by atoms with Crippen molar-refractivity contribution in [3.05, 3.63) is 79.1 Å². The highest BCUT2D eigenvalue weighted by molar-refractivity contribution is 5.92. The van der Waals surface area contributed by atoms with Gasteiger partial charge in [-0.05, 0) is 49.2 Å². The van der Waals surface area contributed by atoms with E-state index in [4.69, 9.17) is 4.74 Å². The molecule has 41 heavy (non-hydrogen) atoms. The summed E-state index contributed by atoms with van der Waals surface area (Å²) >= 11 is 0. The van der Waals surface area contributed by atoms with E-state index in [2.05, 4.69) is 64.4 Å². The summed E-state index contributed by atoms with van der Waals surface area (Å²) in [5, 5.41) is 12.0. The third kappa shape index (κ3) is 6.06. The molecule has 1 unspecified atom stereocenters. The molecule has 2 aromatic heterocycles. The van der Waals surface area contributed by atoms with Crippen LogP contribution in [0.1, 0.15) is 12.8 Å². The summed E-state index contributed by atoms with van der Waals surface area (Å²) in [6, 6.07) is 24.0. The van der Waals surface area contributed by atoms with Crippen molar-refractivity contribution in [2.75, 3.05) is 66.4 Å². The standard InChI is InChI=1S/C31H34N8O2/c1-41-27-12-6-5-11-25(27)26-13-14-29(36-35-26)39-15-7-8-23(21-39)31(40)34-28-20-30(33-22-32-28)38-18-16-37(17-19-38)24-9-3-2-4-10-24/h2-6,9-14,20,22-23H,7-8,15-19,21H2,1H3,(H,32,33,34,40). The fraction of sp³-hybridized carbons (Fsp3) is 0.323. The smallest absolute Gasteiger partial charge is 0.230 e. The Morgan fingerprint density at radius 2 is 1.61 bits per heavy atom. The first-order valence-electron chi connectivity index (χ1n) is 14.1. The van der Waals surface area contributed by atoms with Crippen molar-refractivity contribution in [1.82, 2.24) is 20.2 Å². The van der Waals surface area contributed by atoms with Gasteiger partial charge in [-0.1, -0.05) is 30.3 Å². The summed E-state index contributed by atoms with van der Waals surface area (Å²) in [7, 11) is 1.65. The first kappa shape index (κ1) is 26.5. The summed E-state index contributed by atoms with van der Waals surface area (Å²) < 4.78 is 5.46. The van der Waals surface area contributed by atoms with E-state index in [0.29, 0.717) is 12.4 Å². The fourth-order valence-electron chi connectivity index (χ4n) is 5.54. The number of hydrogen-bond donors (Lipinski definition) is 1. The van der Waals surface area contributed by atoms with E-state index in [9.17, 15) is 4.79 Å². The molecule has 1 atom stereocenters. The van der Waals surface area contributed by atoms with Gasteiger partial charge in [-0.3, -0.25) is 4.79 Å². The zero-order valence-electron chi connectivity index (χ0n) is 23.2. The van der Waals surface area contributed by atoms with Gasteiger partial charge in [0.05, 0.1) is 18.7 Å². The van der Waals surface area contributed by atoms with Gasteiger partial charge in [0.1, 0.15) is 23.7 Å². The van der Waals surface area contributed by atoms with Crippen LogP contribution in [0.3, 0.4) is 0 Å². The van der Waals surface area contributed by atoms with Gasteiger partial charge >= 0.3 is 0 Å². The second-order valence-electron chi connectivity index (χ2n) is 10.3. The molecular formula is C31H34N8O2. The largest absolute Gasteiger partial charge is 0.496 e. The first-order chi connectivity index (χ1) is 20.2. The van der Waals surface area contributed by atoms with E-state index in [0.717, 1.165) is 74.2 Å². The number of carbonyl (C=O) groups excluding carboxylic acids is 1. The van der Waals surface area contributed by atoms with Crippen molar-refractivity contribution >= 4 is 29.0 Å². The molecule has 1 N–H and O–H groups in total. The molecule has 6 rings (SSSR count). The highest BCUT2D eigenvalue weighted by Gasteiger charge is 2.27. The molecule has 1 amide bonds. The van der Waals surface area contributed by atoms with Crippen LogP contribution < -0.4 is 24.8 Å². The van der Waals surface area contributed by atoms with Gasteiger partial charge in [0.2, 0.25) is 5.91 Å². The molecule has 2 saturated heterocycles. The molecule has 0 bridgehead atoms. The van der Waals surface area contributed by atoms with Gasteiger partial charge in [-0.15, -0.1) is 10.2 Å². The number of piperidine rings is 1. The monoisotopic (exact) mass is 550 g/mol. The lowest BCUT2D eigenvalue weighted by molar-refractivity contribution is -0.120. The maximum Gasteiger partial charge on any atom is 0.230 e. The number of amides is 1. The third-order valence-electron chi connectivity index (χ3n) is 7.78. The fourth-order valence-corrected chi connectivity index (χ4v) is 5.54. The third-order valence-corrected chi connectivity index (χ3v) is 7.78. The number of nitrogens with zero attached hydrogens (tertiary/aromatic N) is 7. The van der Waals surface area contributed by atoms with Crippen molar-refractivity contribution in [2.45, 2.75) is 12.8 Å². The van der Waals surface area contributed by atoms with Gasteiger partial charge in [0, 0.05) is 56.6 Å². The zero-order chi connectivity index (χ0) is 28.0. The van der Waals surface area contributed by atoms with Crippen molar-refractivity contribution in [1.29, 1.82) is 0 Å². The normalized spacial score (nSPS) is 17.3. The molecule has 210 valence electrons. The van der Waals surface area contributed by atoms with Crippen LogP contribution in [-0.4, -0.2) is 72.5 Å². The highest BCUT2D eigenvalue weighted by Crippen LogP contribution is 2.29. The van der Waals surface area contributed by atoms with Crippen LogP contribution in [0.4, 0.5) is 23.1 Å². The number of piperazine rings is 1. The number of carbonyl (C=O) groups is 1. The maximum atomic E-state index is 13.3. The molecule has 4 aromatic rings. The maximum absolute atomic E-state index is 13.3. The number of hydrogen-bond acceptors (Lipinski definition) is 9. The van der Waals surface area contributed by atoms with Crippen LogP contribution in [0, 0.1) is 5.92 Å². The highest BCUT2D eigenvalue weighted by atomic mass is 16.5. The minimum atomic E-state index is -0.174. The van der Waals surface area contributed by atoms with Crippen molar-refractivity contribution in [2.24, 2.45) is 5.92 Å². The second-order valence-corrected chi connectivity index (χ2v) is 10.3. The van der Waals surface area contributed by atoms with Crippen LogP contribution in [0.25, 0.3) is 11.3 Å². The predicted octanol–water partition coefficient (Wildman–Crippen LogP) is 4.12. The molecule has 2 aliphatic rings. The predicted molar refractivity (Wildman–Crippen MR) is 160 cm³/mol. The minimum absolute atomic E-state index is 0.0353. The number of rotatable bonds is 7. The SMILES string of the molecule is COc1ccccc1-c1ccc(N2CCCC(C(=O)Nc3cc(N4CCN(c5ccccc5)CC4)ncn3)C2)nn1. The quantitative estimate of drug-likeness (QED) is 0.364. The number of benzene rings is 2. The zero-order valence-corrected chi connectivity index (χ0v) is 23.2. The summed E-state index contributed by atoms with van der Waals surface area (Å²) in [6.45, 7) is 4.95. The molecule has 10 nitrogen and oxygen atoms in total. The number of ether oxygens (including phenoxy) is 1. The minimum Gasteiger partial charge on any atom is -0.496 e. The van der Waals surface area contributed by atoms with E-state index in [-0.39, 0.29) is 11.8 Å². The molecule has 0 spiro atoms. The molecule has 0 aliphatic carbocycles. The number of aromatic nitrogens is 4. The molecular weight excluding hydrogens is 516 g/mol. The van der Waals surface area contributed by atoms with E-state index in [1.165, 1.54) is 12.0 Å². The molecule has 0 radical (unpaired) electrons. The lowest BCUT2D eigenvalue weighted by atomic mass is 9.97. The van der Waals surface area contributed by atoms with E-state index in [1.807, 2.05) is 48.5 Å². The van der Waals surface area contributed by atoms with Crippen LogP contribution in [-0.2, 0) is 4.79 Å². The van der Waals surface area contributed by atoms with Crippen molar-refractivity contribution < 1.29 is 9.53 Å². The van der Waals surface area contributed by atoms with Crippen molar-refractivity contribution in [3.63, 3.8) is 0 Å². The van der Waals surface area contributed by atoms with E-state index in [1.54, 1.807) is 7.11 Å². The molecule has 2 aliphatic heterocycles. The molecule has 10 heteroatoms. The molecule has 2 aromatic carbocycles. The van der Waals surface area contributed by atoms with Gasteiger partial charge in [-0.25, -0.2) is 9.97 Å². The average molecular weight is 551 g/mol. The second kappa shape index (κ2) is 12.2. The van der Waals surface area contributed by atoms with Gasteiger partial charge in [0.25, 0.3) is 0 Å². The summed E-state index contributed by atoms with van der Waals surface area (Å²) in [5.41, 5.74) is 2.88. The number of anilines is 4. The lowest BCUT2D eigenvalue weighted by Crippen LogP contribution is -2.46. The van der Waals surface area contributed by atoms with E-state index >= 15 is 0 Å². The Morgan fingerprint density at radius 3 is 2.39 bits per heavy atom. The lowest BCUT2D eigenvalue weighted by Gasteiger charge is -2.36. The summed E-state index contributed by atoms with van der Waals surface area (Å²) in [6.07, 6.45) is 3.24. The Labute approximate surface area is 240 Å². The van der Waals surface area contributed by atoms with Crippen LogP contribution in [0.5, 0.6) is 5.75 Å². The Hall–Kier alpha value is -4.73. The number of nitrogens with one attached hydrogen (secondary N) is 1. The number of para-hydroxylation sites is 2.